The first-order valence-electron chi connectivity index (χ1n) is 3.88. The van der Waals surface area contributed by atoms with Crippen molar-refractivity contribution >= 4 is 11.7 Å². The van der Waals surface area contributed by atoms with E-state index in [9.17, 15) is 9.18 Å². The summed E-state index contributed by atoms with van der Waals surface area (Å²) in [6, 6.07) is 3.56. The second kappa shape index (κ2) is 4.03. The number of carbonyl (C=O) groups excluding carboxylic acids is 1. The minimum absolute atomic E-state index is 0.271. The summed E-state index contributed by atoms with van der Waals surface area (Å²) >= 11 is 0. The number of benzene rings is 1. The number of hydrogen-bond donors (Lipinski definition) is 3. The van der Waals surface area contributed by atoms with Gasteiger partial charge in [0.1, 0.15) is 5.82 Å². The van der Waals surface area contributed by atoms with Gasteiger partial charge in [-0.15, -0.1) is 0 Å². The van der Waals surface area contributed by atoms with Crippen LogP contribution in [0.15, 0.2) is 18.2 Å². The summed E-state index contributed by atoms with van der Waals surface area (Å²) in [5.41, 5.74) is 2.41. The molecule has 14 heavy (non-hydrogen) atoms. The molecule has 0 atom stereocenters. The Balaban J connectivity index is 3.07. The maximum Gasteiger partial charge on any atom is 0.350 e. The summed E-state index contributed by atoms with van der Waals surface area (Å²) < 4.78 is 13.1. The SMILES string of the molecule is Cc1c(F)cccc1N(N)C(=O)NN. The zero-order valence-corrected chi connectivity index (χ0v) is 7.62. The lowest BCUT2D eigenvalue weighted by Gasteiger charge is -2.17. The first-order chi connectivity index (χ1) is 6.57. The van der Waals surface area contributed by atoms with E-state index >= 15 is 0 Å². The van der Waals surface area contributed by atoms with Gasteiger partial charge < -0.3 is 0 Å². The molecule has 1 aromatic rings. The predicted octanol–water partition coefficient (Wildman–Crippen LogP) is 0.398. The van der Waals surface area contributed by atoms with Crippen LogP contribution in [0, 0.1) is 12.7 Å². The number of hydrazine groups is 2. The molecule has 0 spiro atoms. The van der Waals surface area contributed by atoms with E-state index in [1.807, 2.05) is 5.43 Å². The zero-order chi connectivity index (χ0) is 10.7. The molecule has 1 rings (SSSR count). The monoisotopic (exact) mass is 198 g/mol. The van der Waals surface area contributed by atoms with Crippen LogP contribution in [-0.4, -0.2) is 6.03 Å². The van der Waals surface area contributed by atoms with Crippen molar-refractivity contribution in [1.29, 1.82) is 0 Å². The number of halogens is 1. The average molecular weight is 198 g/mol. The quantitative estimate of drug-likeness (QED) is 0.347. The van der Waals surface area contributed by atoms with Crippen LogP contribution in [-0.2, 0) is 0 Å². The summed E-state index contributed by atoms with van der Waals surface area (Å²) in [6.07, 6.45) is 0. The van der Waals surface area contributed by atoms with Crippen LogP contribution in [0.5, 0.6) is 0 Å². The molecule has 5 N–H and O–H groups in total. The summed E-state index contributed by atoms with van der Waals surface area (Å²) in [6.45, 7) is 1.52. The average Bonchev–Trinajstić information content (AvgIpc) is 2.20. The molecule has 1 aromatic carbocycles. The van der Waals surface area contributed by atoms with E-state index < -0.39 is 11.8 Å². The molecular weight excluding hydrogens is 187 g/mol. The standard InChI is InChI=1S/C8H11FN4O/c1-5-6(9)3-2-4-7(5)13(11)8(14)12-10/h2-4H,10-11H2,1H3,(H,12,14). The molecule has 0 aliphatic heterocycles. The minimum Gasteiger partial charge on any atom is -0.274 e. The molecule has 2 amide bonds. The lowest BCUT2D eigenvalue weighted by molar-refractivity contribution is 0.246. The topological polar surface area (TPSA) is 84.4 Å². The van der Waals surface area contributed by atoms with Crippen LogP contribution in [0.4, 0.5) is 14.9 Å². The van der Waals surface area contributed by atoms with E-state index in [1.165, 1.54) is 25.1 Å². The number of anilines is 1. The third-order valence-corrected chi connectivity index (χ3v) is 1.84. The van der Waals surface area contributed by atoms with Crippen molar-refractivity contribution in [1.82, 2.24) is 5.43 Å². The fourth-order valence-corrected chi connectivity index (χ4v) is 1.04. The number of nitrogens with two attached hydrogens (primary N) is 2. The van der Waals surface area contributed by atoms with Gasteiger partial charge in [0, 0.05) is 5.56 Å². The molecule has 0 unspecified atom stereocenters. The number of nitrogens with one attached hydrogen (secondary N) is 1. The molecule has 5 nitrogen and oxygen atoms in total. The summed E-state index contributed by atoms with van der Waals surface area (Å²) in [4.78, 5) is 11.0. The van der Waals surface area contributed by atoms with E-state index in [0.29, 0.717) is 5.56 Å². The van der Waals surface area contributed by atoms with Gasteiger partial charge in [-0.05, 0) is 19.1 Å². The molecule has 0 aliphatic rings. The number of hydrogen-bond acceptors (Lipinski definition) is 3. The third-order valence-electron chi connectivity index (χ3n) is 1.84. The van der Waals surface area contributed by atoms with E-state index in [0.717, 1.165) is 5.01 Å². The van der Waals surface area contributed by atoms with Gasteiger partial charge in [0.2, 0.25) is 0 Å². The third kappa shape index (κ3) is 1.81. The van der Waals surface area contributed by atoms with Crippen molar-refractivity contribution in [3.8, 4) is 0 Å². The molecule has 0 aliphatic carbocycles. The number of carbonyl (C=O) groups is 1. The molecule has 0 fully saturated rings. The van der Waals surface area contributed by atoms with Crippen LogP contribution in [0.1, 0.15) is 5.56 Å². The van der Waals surface area contributed by atoms with Gasteiger partial charge in [0.15, 0.2) is 0 Å². The molecule has 0 saturated carbocycles. The molecule has 6 heteroatoms. The van der Waals surface area contributed by atoms with Crippen molar-refractivity contribution in [2.45, 2.75) is 6.92 Å². The maximum absolute atomic E-state index is 13.1. The van der Waals surface area contributed by atoms with E-state index in [1.54, 1.807) is 0 Å². The molecule has 0 heterocycles. The van der Waals surface area contributed by atoms with Crippen molar-refractivity contribution in [2.24, 2.45) is 11.7 Å². The van der Waals surface area contributed by atoms with Gasteiger partial charge >= 0.3 is 6.03 Å². The van der Waals surface area contributed by atoms with Crippen LogP contribution in [0.2, 0.25) is 0 Å². The number of urea groups is 1. The van der Waals surface area contributed by atoms with Crippen LogP contribution < -0.4 is 22.1 Å². The lowest BCUT2D eigenvalue weighted by Crippen LogP contribution is -2.48. The Labute approximate surface area is 80.4 Å². The van der Waals surface area contributed by atoms with E-state index in [2.05, 4.69) is 0 Å². The van der Waals surface area contributed by atoms with Crippen molar-refractivity contribution in [3.05, 3.63) is 29.6 Å². The number of nitrogens with zero attached hydrogens (tertiary/aromatic N) is 1. The molecular formula is C8H11FN4O. The number of rotatable bonds is 1. The highest BCUT2D eigenvalue weighted by atomic mass is 19.1. The van der Waals surface area contributed by atoms with Crippen molar-refractivity contribution in [3.63, 3.8) is 0 Å². The highest BCUT2D eigenvalue weighted by Gasteiger charge is 2.13. The Morgan fingerprint density at radius 3 is 2.79 bits per heavy atom. The van der Waals surface area contributed by atoms with Crippen LogP contribution >= 0.6 is 0 Å². The van der Waals surface area contributed by atoms with Gasteiger partial charge in [-0.2, -0.15) is 0 Å². The highest BCUT2D eigenvalue weighted by Crippen LogP contribution is 2.19. The first kappa shape index (κ1) is 10.4. The zero-order valence-electron chi connectivity index (χ0n) is 7.62. The number of amides is 2. The van der Waals surface area contributed by atoms with E-state index in [-0.39, 0.29) is 5.69 Å². The molecule has 0 radical (unpaired) electrons. The second-order valence-corrected chi connectivity index (χ2v) is 2.70. The minimum atomic E-state index is -0.710. The van der Waals surface area contributed by atoms with Gasteiger partial charge in [0.05, 0.1) is 5.69 Å². The smallest absolute Gasteiger partial charge is 0.274 e. The first-order valence-corrected chi connectivity index (χ1v) is 3.88. The van der Waals surface area contributed by atoms with Gasteiger partial charge in [-0.3, -0.25) is 5.43 Å². The fraction of sp³-hybridized carbons (Fsp3) is 0.125. The normalized spacial score (nSPS) is 9.71. The van der Waals surface area contributed by atoms with Gasteiger partial charge in [-0.1, -0.05) is 6.07 Å². The van der Waals surface area contributed by atoms with Crippen molar-refractivity contribution in [2.75, 3.05) is 5.01 Å². The highest BCUT2D eigenvalue weighted by molar-refractivity contribution is 5.91. The van der Waals surface area contributed by atoms with Gasteiger partial charge in [-0.25, -0.2) is 25.9 Å². The second-order valence-electron chi connectivity index (χ2n) is 2.70. The summed E-state index contributed by atoms with van der Waals surface area (Å²) in [7, 11) is 0. The Morgan fingerprint density at radius 2 is 2.21 bits per heavy atom. The lowest BCUT2D eigenvalue weighted by atomic mass is 10.2. The van der Waals surface area contributed by atoms with Crippen molar-refractivity contribution < 1.29 is 9.18 Å². The molecule has 0 bridgehead atoms. The molecule has 76 valence electrons. The van der Waals surface area contributed by atoms with Gasteiger partial charge in [0.25, 0.3) is 0 Å². The maximum atomic E-state index is 13.1. The van der Waals surface area contributed by atoms with E-state index in [4.69, 9.17) is 11.7 Å². The molecule has 0 saturated heterocycles. The summed E-state index contributed by atoms with van der Waals surface area (Å²) in [5, 5.41) is 0.748. The van der Waals surface area contributed by atoms with Crippen LogP contribution in [0.25, 0.3) is 0 Å². The Hall–Kier alpha value is -1.66. The Morgan fingerprint density at radius 1 is 1.57 bits per heavy atom. The largest absolute Gasteiger partial charge is 0.350 e. The summed E-state index contributed by atoms with van der Waals surface area (Å²) in [5.74, 6) is 9.85. The Bertz CT molecular complexity index is 355. The molecule has 0 aromatic heterocycles. The Kier molecular flexibility index (Phi) is 3.00. The van der Waals surface area contributed by atoms with Crippen LogP contribution in [0.3, 0.4) is 0 Å². The predicted molar refractivity (Wildman–Crippen MR) is 50.5 cm³/mol. The fourth-order valence-electron chi connectivity index (χ4n) is 1.04.